The fourth-order valence-corrected chi connectivity index (χ4v) is 3.40. The molecule has 3 aromatic carbocycles. The zero-order chi connectivity index (χ0) is 23.6. The number of urea groups is 1. The number of anilines is 1. The van der Waals surface area contributed by atoms with Gasteiger partial charge in [0.05, 0.1) is 19.0 Å². The van der Waals surface area contributed by atoms with Crippen LogP contribution in [0.5, 0.6) is 0 Å². The van der Waals surface area contributed by atoms with Crippen molar-refractivity contribution in [2.75, 3.05) is 11.9 Å². The van der Waals surface area contributed by atoms with E-state index < -0.39 is 18.0 Å². The summed E-state index contributed by atoms with van der Waals surface area (Å²) < 4.78 is 0. The Morgan fingerprint density at radius 2 is 1.70 bits per heavy atom. The van der Waals surface area contributed by atoms with E-state index in [0.717, 1.165) is 16.3 Å². The van der Waals surface area contributed by atoms with Gasteiger partial charge in [-0.3, -0.25) is 10.0 Å². The zero-order valence-electron chi connectivity index (χ0n) is 18.1. The number of hydrazine groups is 1. The molecule has 172 valence electrons. The predicted molar refractivity (Wildman–Crippen MR) is 128 cm³/mol. The Morgan fingerprint density at radius 3 is 2.42 bits per heavy atom. The number of para-hydroxylation sites is 1. The second-order valence-corrected chi connectivity index (χ2v) is 7.60. The summed E-state index contributed by atoms with van der Waals surface area (Å²) in [7, 11) is 0. The summed E-state index contributed by atoms with van der Waals surface area (Å²) >= 11 is 0. The topological polar surface area (TPSA) is 146 Å². The molecule has 1 unspecified atom stereocenters. The first-order chi connectivity index (χ1) is 15.9. The molecule has 0 aromatic heterocycles. The average Bonchev–Trinajstić information content (AvgIpc) is 2.82. The van der Waals surface area contributed by atoms with Crippen LogP contribution in [0.25, 0.3) is 10.8 Å². The molecule has 0 aliphatic carbocycles. The largest absolute Gasteiger partial charge is 0.399 e. The Morgan fingerprint density at radius 1 is 1.00 bits per heavy atom. The highest BCUT2D eigenvalue weighted by atomic mass is 16.5. The number of amides is 3. The van der Waals surface area contributed by atoms with E-state index in [1.807, 2.05) is 60.7 Å². The number of hydrogen-bond donors (Lipinski definition) is 6. The molecule has 3 aromatic rings. The molecule has 9 heteroatoms. The molecule has 0 saturated heterocycles. The summed E-state index contributed by atoms with van der Waals surface area (Å²) in [6, 6.07) is 22.1. The molecule has 0 fully saturated rings. The molecule has 0 heterocycles. The van der Waals surface area contributed by atoms with Crippen molar-refractivity contribution >= 4 is 28.4 Å². The highest BCUT2D eigenvalue weighted by Crippen LogP contribution is 2.18. The van der Waals surface area contributed by atoms with Crippen molar-refractivity contribution in [3.63, 3.8) is 0 Å². The molecule has 0 saturated carbocycles. The van der Waals surface area contributed by atoms with Crippen LogP contribution in [-0.2, 0) is 11.2 Å². The molecule has 33 heavy (non-hydrogen) atoms. The lowest BCUT2D eigenvalue weighted by Gasteiger charge is -2.26. The van der Waals surface area contributed by atoms with Gasteiger partial charge in [0.2, 0.25) is 5.91 Å². The van der Waals surface area contributed by atoms with Crippen LogP contribution < -0.4 is 27.7 Å². The smallest absolute Gasteiger partial charge is 0.319 e. The summed E-state index contributed by atoms with van der Waals surface area (Å²) in [6.07, 6.45) is 1.87. The number of benzene rings is 3. The van der Waals surface area contributed by atoms with E-state index in [1.54, 1.807) is 17.6 Å². The molecule has 3 amide bonds. The minimum atomic E-state index is -0.566. The lowest BCUT2D eigenvalue weighted by molar-refractivity contribution is -0.130. The normalized spacial score (nSPS) is 12.1. The number of hydroxylamine groups is 1. The summed E-state index contributed by atoms with van der Waals surface area (Å²) in [6.45, 7) is 0.0568. The van der Waals surface area contributed by atoms with Gasteiger partial charge in [0.25, 0.3) is 0 Å². The van der Waals surface area contributed by atoms with Crippen molar-refractivity contribution < 1.29 is 14.8 Å². The van der Waals surface area contributed by atoms with Gasteiger partial charge in [-0.05, 0) is 34.9 Å². The lowest BCUT2D eigenvalue weighted by atomic mass is 9.99. The third kappa shape index (κ3) is 7.23. The van der Waals surface area contributed by atoms with E-state index in [9.17, 15) is 9.59 Å². The van der Waals surface area contributed by atoms with E-state index in [2.05, 4.69) is 10.6 Å². The van der Waals surface area contributed by atoms with Gasteiger partial charge in [-0.1, -0.05) is 60.7 Å². The molecule has 3 rings (SSSR count). The van der Waals surface area contributed by atoms with Crippen LogP contribution in [0.2, 0.25) is 0 Å². The minimum absolute atomic E-state index is 0.0501. The summed E-state index contributed by atoms with van der Waals surface area (Å²) in [5.74, 6) is 5.63. The zero-order valence-corrected chi connectivity index (χ0v) is 18.1. The van der Waals surface area contributed by atoms with Crippen LogP contribution in [0.4, 0.5) is 10.5 Å². The number of nitrogens with two attached hydrogens (primary N) is 2. The van der Waals surface area contributed by atoms with E-state index in [1.165, 1.54) is 11.2 Å². The minimum Gasteiger partial charge on any atom is -0.399 e. The van der Waals surface area contributed by atoms with Gasteiger partial charge in [-0.15, -0.1) is 0 Å². The molecular weight excluding hydrogens is 420 g/mol. The number of carbonyl (C=O) groups is 2. The Bertz CT molecular complexity index is 1120. The Balaban J connectivity index is 1.64. The van der Waals surface area contributed by atoms with Crippen LogP contribution in [0.3, 0.4) is 0 Å². The highest BCUT2D eigenvalue weighted by molar-refractivity contribution is 5.89. The number of nitrogens with one attached hydrogen (secondary N) is 3. The van der Waals surface area contributed by atoms with E-state index in [4.69, 9.17) is 16.8 Å². The Hall–Kier alpha value is -4.08. The third-order valence-corrected chi connectivity index (χ3v) is 5.05. The van der Waals surface area contributed by atoms with Crippen molar-refractivity contribution in [3.05, 3.63) is 90.3 Å². The molecule has 9 nitrogen and oxygen atoms in total. The quantitative estimate of drug-likeness (QED) is 0.168. The molecule has 0 spiro atoms. The fourth-order valence-electron chi connectivity index (χ4n) is 3.40. The molecule has 0 radical (unpaired) electrons. The fraction of sp³-hybridized carbons (Fsp3) is 0.167. The van der Waals surface area contributed by atoms with Crippen LogP contribution in [0, 0.1) is 0 Å². The number of carbonyl (C=O) groups excluding carboxylic acids is 2. The highest BCUT2D eigenvalue weighted by Gasteiger charge is 2.19. The van der Waals surface area contributed by atoms with Crippen LogP contribution >= 0.6 is 0 Å². The van der Waals surface area contributed by atoms with Crippen molar-refractivity contribution in [1.29, 1.82) is 0 Å². The van der Waals surface area contributed by atoms with Crippen molar-refractivity contribution in [3.8, 4) is 0 Å². The maximum atomic E-state index is 12.0. The van der Waals surface area contributed by atoms with Crippen LogP contribution in [0.15, 0.2) is 84.7 Å². The summed E-state index contributed by atoms with van der Waals surface area (Å²) in [4.78, 5) is 23.9. The maximum Gasteiger partial charge on any atom is 0.319 e. The standard InChI is InChI=1S/C24H28N6O3/c25-20(15-27-24(32)28-21-8-2-1-3-9-21)16-30(26)22(14-23(31)29-33)13-17-10-11-18-6-4-5-7-19(18)12-17/h1-12,16,22,33H,13-15,25-26H2,(H,29,31)(H2,27,28,32)/b20-16-. The summed E-state index contributed by atoms with van der Waals surface area (Å²) in [5, 5.41) is 17.8. The first-order valence-corrected chi connectivity index (χ1v) is 10.4. The first-order valence-electron chi connectivity index (χ1n) is 10.4. The van der Waals surface area contributed by atoms with Crippen molar-refractivity contribution in [2.45, 2.75) is 18.9 Å². The van der Waals surface area contributed by atoms with Gasteiger partial charge in [-0.25, -0.2) is 16.1 Å². The third-order valence-electron chi connectivity index (χ3n) is 5.05. The monoisotopic (exact) mass is 448 g/mol. The average molecular weight is 449 g/mol. The SMILES string of the molecule is N/C(=C\N(N)C(CC(=O)NO)Cc1ccc2ccccc2c1)CNC(=O)Nc1ccccc1. The van der Waals surface area contributed by atoms with Crippen molar-refractivity contribution in [1.82, 2.24) is 15.8 Å². The first kappa shape index (κ1) is 23.6. The van der Waals surface area contributed by atoms with Gasteiger partial charge < -0.3 is 21.4 Å². The van der Waals surface area contributed by atoms with Gasteiger partial charge in [-0.2, -0.15) is 0 Å². The van der Waals surface area contributed by atoms with Gasteiger partial charge >= 0.3 is 6.03 Å². The lowest BCUT2D eigenvalue weighted by Crippen LogP contribution is -2.42. The molecule has 0 aliphatic heterocycles. The van der Waals surface area contributed by atoms with E-state index in [-0.39, 0.29) is 13.0 Å². The van der Waals surface area contributed by atoms with E-state index in [0.29, 0.717) is 17.8 Å². The predicted octanol–water partition coefficient (Wildman–Crippen LogP) is 2.44. The Kier molecular flexibility index (Phi) is 8.23. The molecular formula is C24H28N6O3. The van der Waals surface area contributed by atoms with Gasteiger partial charge in [0.15, 0.2) is 0 Å². The number of hydrogen-bond acceptors (Lipinski definition) is 6. The Labute approximate surface area is 192 Å². The second-order valence-electron chi connectivity index (χ2n) is 7.60. The number of fused-ring (bicyclic) bond motifs is 1. The molecule has 1 atom stereocenters. The molecule has 0 aliphatic rings. The molecule has 8 N–H and O–H groups in total. The number of rotatable bonds is 9. The van der Waals surface area contributed by atoms with Gasteiger partial charge in [0, 0.05) is 17.6 Å². The second kappa shape index (κ2) is 11.5. The van der Waals surface area contributed by atoms with Gasteiger partial charge in [0.1, 0.15) is 0 Å². The molecule has 0 bridgehead atoms. The van der Waals surface area contributed by atoms with E-state index >= 15 is 0 Å². The van der Waals surface area contributed by atoms with Crippen molar-refractivity contribution in [2.24, 2.45) is 11.6 Å². The number of nitrogens with zero attached hydrogens (tertiary/aromatic N) is 1. The van der Waals surface area contributed by atoms with Crippen LogP contribution in [-0.4, -0.2) is 34.7 Å². The summed E-state index contributed by atoms with van der Waals surface area (Å²) in [5.41, 5.74) is 9.61. The maximum absolute atomic E-state index is 12.0. The van der Waals surface area contributed by atoms with Crippen LogP contribution in [0.1, 0.15) is 12.0 Å².